The number of aryl methyl sites for hydroxylation is 1. The monoisotopic (exact) mass is 216 g/mol. The van der Waals surface area contributed by atoms with E-state index in [-0.39, 0.29) is 11.9 Å². The molecule has 1 aromatic rings. The lowest BCUT2D eigenvalue weighted by atomic mass is 9.92. The van der Waals surface area contributed by atoms with Crippen LogP contribution in [0.2, 0.25) is 0 Å². The van der Waals surface area contributed by atoms with Gasteiger partial charge in [0.15, 0.2) is 0 Å². The summed E-state index contributed by atoms with van der Waals surface area (Å²) in [6.45, 7) is 2.37. The van der Waals surface area contributed by atoms with Gasteiger partial charge in [0, 0.05) is 5.92 Å². The molecule has 0 bridgehead atoms. The highest BCUT2D eigenvalue weighted by molar-refractivity contribution is 5.78. The summed E-state index contributed by atoms with van der Waals surface area (Å²) in [4.78, 5) is 11.8. The van der Waals surface area contributed by atoms with Crippen LogP contribution in [0.5, 0.6) is 0 Å². The van der Waals surface area contributed by atoms with E-state index in [0.29, 0.717) is 18.4 Å². The maximum absolute atomic E-state index is 11.8. The molecule has 0 aromatic heterocycles. The van der Waals surface area contributed by atoms with Crippen LogP contribution in [0.4, 0.5) is 0 Å². The fraction of sp³-hybridized carbons (Fsp3) is 0.500. The van der Waals surface area contributed by atoms with E-state index in [1.165, 1.54) is 11.1 Å². The third-order valence-corrected chi connectivity index (χ3v) is 3.89. The Labute approximate surface area is 95.6 Å². The van der Waals surface area contributed by atoms with Gasteiger partial charge in [0.25, 0.3) is 0 Å². The summed E-state index contributed by atoms with van der Waals surface area (Å²) in [5.41, 5.74) is 2.81. The van der Waals surface area contributed by atoms with Gasteiger partial charge in [0.1, 0.15) is 0 Å². The van der Waals surface area contributed by atoms with E-state index in [4.69, 9.17) is 4.74 Å². The van der Waals surface area contributed by atoms with Crippen LogP contribution in [0.1, 0.15) is 30.4 Å². The van der Waals surface area contributed by atoms with E-state index in [9.17, 15) is 4.79 Å². The Balaban J connectivity index is 1.85. The van der Waals surface area contributed by atoms with E-state index >= 15 is 0 Å². The van der Waals surface area contributed by atoms with Gasteiger partial charge in [0.05, 0.1) is 12.5 Å². The molecule has 1 fully saturated rings. The number of rotatable bonds is 2. The fourth-order valence-electron chi connectivity index (χ4n) is 3.13. The average Bonchev–Trinajstić information content (AvgIpc) is 3.04. The van der Waals surface area contributed by atoms with Gasteiger partial charge >= 0.3 is 5.97 Å². The lowest BCUT2D eigenvalue weighted by molar-refractivity contribution is -0.145. The number of ether oxygens (including phenoxy) is 1. The molecule has 0 unspecified atom stereocenters. The highest BCUT2D eigenvalue weighted by Crippen LogP contribution is 2.60. The number of carbonyl (C=O) groups excluding carboxylic acids is 1. The lowest BCUT2D eigenvalue weighted by Crippen LogP contribution is -2.08. The van der Waals surface area contributed by atoms with E-state index in [2.05, 4.69) is 24.3 Å². The smallest absolute Gasteiger partial charge is 0.309 e. The zero-order valence-electron chi connectivity index (χ0n) is 9.48. The number of fused-ring (bicyclic) bond motifs is 3. The summed E-state index contributed by atoms with van der Waals surface area (Å²) in [5, 5.41) is 0. The molecule has 2 aliphatic carbocycles. The van der Waals surface area contributed by atoms with E-state index in [0.717, 1.165) is 12.8 Å². The van der Waals surface area contributed by atoms with Crippen LogP contribution in [0.15, 0.2) is 24.3 Å². The van der Waals surface area contributed by atoms with Gasteiger partial charge in [-0.25, -0.2) is 0 Å². The highest BCUT2D eigenvalue weighted by Gasteiger charge is 2.57. The molecule has 0 N–H and O–H groups in total. The number of hydrogen-bond acceptors (Lipinski definition) is 2. The van der Waals surface area contributed by atoms with Crippen LogP contribution in [-0.2, 0) is 16.0 Å². The summed E-state index contributed by atoms with van der Waals surface area (Å²) in [5.74, 6) is 1.15. The first-order valence-electron chi connectivity index (χ1n) is 6.07. The first kappa shape index (κ1) is 9.88. The minimum absolute atomic E-state index is 0.00852. The molecule has 2 nitrogen and oxygen atoms in total. The summed E-state index contributed by atoms with van der Waals surface area (Å²) < 4.78 is 5.13. The Morgan fingerprint density at radius 3 is 3.06 bits per heavy atom. The Morgan fingerprint density at radius 1 is 1.44 bits per heavy atom. The molecule has 0 aliphatic heterocycles. The number of esters is 1. The second kappa shape index (κ2) is 3.62. The Morgan fingerprint density at radius 2 is 2.25 bits per heavy atom. The number of hydrogen-bond donors (Lipinski definition) is 0. The zero-order valence-corrected chi connectivity index (χ0v) is 9.48. The molecule has 0 spiro atoms. The van der Waals surface area contributed by atoms with Crippen molar-refractivity contribution in [2.24, 2.45) is 11.8 Å². The van der Waals surface area contributed by atoms with Crippen LogP contribution < -0.4 is 0 Å². The van der Waals surface area contributed by atoms with Crippen LogP contribution >= 0.6 is 0 Å². The SMILES string of the molecule is CCOC(=O)[C@@H]1[C@H]2CCc3ccccc3[C@@H]21. The van der Waals surface area contributed by atoms with Crippen molar-refractivity contribution in [3.63, 3.8) is 0 Å². The topological polar surface area (TPSA) is 26.3 Å². The molecule has 84 valence electrons. The first-order chi connectivity index (χ1) is 7.83. The Hall–Kier alpha value is -1.31. The van der Waals surface area contributed by atoms with Gasteiger partial charge in [-0.3, -0.25) is 4.79 Å². The first-order valence-corrected chi connectivity index (χ1v) is 6.07. The van der Waals surface area contributed by atoms with Gasteiger partial charge in [-0.2, -0.15) is 0 Å². The van der Waals surface area contributed by atoms with Crippen molar-refractivity contribution in [1.29, 1.82) is 0 Å². The molecule has 0 heterocycles. The highest BCUT2D eigenvalue weighted by atomic mass is 16.5. The van der Waals surface area contributed by atoms with E-state index in [1.807, 2.05) is 6.92 Å². The largest absolute Gasteiger partial charge is 0.466 e. The van der Waals surface area contributed by atoms with Crippen molar-refractivity contribution in [3.8, 4) is 0 Å². The van der Waals surface area contributed by atoms with Crippen molar-refractivity contribution in [2.45, 2.75) is 25.7 Å². The van der Waals surface area contributed by atoms with Crippen molar-refractivity contribution >= 4 is 5.97 Å². The zero-order chi connectivity index (χ0) is 11.1. The second-order valence-corrected chi connectivity index (χ2v) is 4.70. The van der Waals surface area contributed by atoms with Crippen LogP contribution in [0, 0.1) is 11.8 Å². The van der Waals surface area contributed by atoms with Crippen LogP contribution in [0.3, 0.4) is 0 Å². The van der Waals surface area contributed by atoms with Crippen molar-refractivity contribution in [1.82, 2.24) is 0 Å². The average molecular weight is 216 g/mol. The van der Waals surface area contributed by atoms with Gasteiger partial charge in [0.2, 0.25) is 0 Å². The summed E-state index contributed by atoms with van der Waals surface area (Å²) >= 11 is 0. The molecule has 1 aromatic carbocycles. The molecule has 2 heteroatoms. The molecule has 3 rings (SSSR count). The molecule has 3 atom stereocenters. The third kappa shape index (κ3) is 1.36. The molecular formula is C14H16O2. The lowest BCUT2D eigenvalue weighted by Gasteiger charge is -2.13. The molecule has 0 radical (unpaired) electrons. The Kier molecular flexibility index (Phi) is 2.23. The van der Waals surface area contributed by atoms with E-state index in [1.54, 1.807) is 0 Å². The number of benzene rings is 1. The molecule has 0 amide bonds. The van der Waals surface area contributed by atoms with Gasteiger partial charge in [-0.15, -0.1) is 0 Å². The van der Waals surface area contributed by atoms with Gasteiger partial charge in [-0.05, 0) is 36.8 Å². The maximum atomic E-state index is 11.8. The van der Waals surface area contributed by atoms with Crippen molar-refractivity contribution in [3.05, 3.63) is 35.4 Å². The predicted molar refractivity (Wildman–Crippen MR) is 61.1 cm³/mol. The van der Waals surface area contributed by atoms with Crippen LogP contribution in [0.25, 0.3) is 0 Å². The summed E-state index contributed by atoms with van der Waals surface area (Å²) in [6, 6.07) is 8.51. The molecular weight excluding hydrogens is 200 g/mol. The standard InChI is InChI=1S/C14H16O2/c1-2-16-14(15)13-11-8-7-9-5-3-4-6-10(9)12(11)13/h3-6,11-13H,2,7-8H2,1H3/t11-,12-,13+/m0/s1. The minimum atomic E-state index is 0.00852. The normalized spacial score (nSPS) is 30.2. The summed E-state index contributed by atoms with van der Waals surface area (Å²) in [7, 11) is 0. The minimum Gasteiger partial charge on any atom is -0.466 e. The maximum Gasteiger partial charge on any atom is 0.309 e. The van der Waals surface area contributed by atoms with Crippen molar-refractivity contribution < 1.29 is 9.53 Å². The molecule has 16 heavy (non-hydrogen) atoms. The molecule has 0 saturated heterocycles. The quantitative estimate of drug-likeness (QED) is 0.710. The fourth-order valence-corrected chi connectivity index (χ4v) is 3.13. The van der Waals surface area contributed by atoms with Gasteiger partial charge < -0.3 is 4.74 Å². The Bertz CT molecular complexity index is 424. The molecule has 1 saturated carbocycles. The van der Waals surface area contributed by atoms with Crippen molar-refractivity contribution in [2.75, 3.05) is 6.61 Å². The summed E-state index contributed by atoms with van der Waals surface area (Å²) in [6.07, 6.45) is 2.26. The second-order valence-electron chi connectivity index (χ2n) is 4.70. The van der Waals surface area contributed by atoms with Gasteiger partial charge in [-0.1, -0.05) is 24.3 Å². The number of carbonyl (C=O) groups is 1. The van der Waals surface area contributed by atoms with E-state index < -0.39 is 0 Å². The van der Waals surface area contributed by atoms with Crippen LogP contribution in [-0.4, -0.2) is 12.6 Å². The predicted octanol–water partition coefficient (Wildman–Crippen LogP) is 2.53. The third-order valence-electron chi connectivity index (χ3n) is 3.89. The molecule has 2 aliphatic rings.